The quantitative estimate of drug-likeness (QED) is 0.567. The summed E-state index contributed by atoms with van der Waals surface area (Å²) in [5.74, 6) is -1.61. The molecule has 2 N–H and O–H groups in total. The largest absolute Gasteiger partial charge is 0.459 e. The predicted molar refractivity (Wildman–Crippen MR) is 126 cm³/mol. The van der Waals surface area contributed by atoms with E-state index in [0.717, 1.165) is 44.9 Å². The molecule has 3 amide bonds. The van der Waals surface area contributed by atoms with Gasteiger partial charge >= 0.3 is 0 Å². The third-order valence-electron chi connectivity index (χ3n) is 6.59. The van der Waals surface area contributed by atoms with Crippen LogP contribution in [0, 0.1) is 5.82 Å². The zero-order chi connectivity index (χ0) is 24.6. The summed E-state index contributed by atoms with van der Waals surface area (Å²) < 4.78 is 24.6. The minimum absolute atomic E-state index is 0.0394. The topological polar surface area (TPSA) is 101 Å². The lowest BCUT2D eigenvalue weighted by molar-refractivity contribution is -0.142. The molecule has 2 unspecified atom stereocenters. The number of halogens is 1. The van der Waals surface area contributed by atoms with Crippen molar-refractivity contribution in [2.75, 3.05) is 19.7 Å². The van der Waals surface area contributed by atoms with Crippen molar-refractivity contribution in [3.8, 4) is 0 Å². The molecule has 188 valence electrons. The smallest absolute Gasteiger partial charge is 0.287 e. The highest BCUT2D eigenvalue weighted by Gasteiger charge is 2.35. The highest BCUT2D eigenvalue weighted by molar-refractivity contribution is 5.95. The van der Waals surface area contributed by atoms with Crippen molar-refractivity contribution >= 4 is 17.7 Å². The van der Waals surface area contributed by atoms with E-state index in [4.69, 9.17) is 9.15 Å². The van der Waals surface area contributed by atoms with Crippen molar-refractivity contribution in [2.45, 2.75) is 63.1 Å². The van der Waals surface area contributed by atoms with Crippen LogP contribution >= 0.6 is 0 Å². The summed E-state index contributed by atoms with van der Waals surface area (Å²) >= 11 is 0. The maximum atomic E-state index is 13.7. The van der Waals surface area contributed by atoms with Crippen molar-refractivity contribution in [1.29, 1.82) is 0 Å². The van der Waals surface area contributed by atoms with Crippen LogP contribution in [0.1, 0.15) is 67.1 Å². The second-order valence-electron chi connectivity index (χ2n) is 9.14. The molecule has 2 aromatic rings. The van der Waals surface area contributed by atoms with E-state index in [2.05, 4.69) is 10.6 Å². The summed E-state index contributed by atoms with van der Waals surface area (Å²) in [7, 11) is 0. The zero-order valence-electron chi connectivity index (χ0n) is 19.7. The van der Waals surface area contributed by atoms with E-state index < -0.39 is 23.7 Å². The van der Waals surface area contributed by atoms with E-state index in [9.17, 15) is 18.8 Å². The molecular formula is C26H32FN3O5. The van der Waals surface area contributed by atoms with E-state index in [0.29, 0.717) is 12.2 Å². The Morgan fingerprint density at radius 2 is 1.80 bits per heavy atom. The number of furan rings is 1. The number of rotatable bonds is 9. The van der Waals surface area contributed by atoms with Crippen LogP contribution in [0.2, 0.25) is 0 Å². The van der Waals surface area contributed by atoms with E-state index in [-0.39, 0.29) is 36.9 Å². The van der Waals surface area contributed by atoms with Crippen LogP contribution < -0.4 is 10.6 Å². The Labute approximate surface area is 204 Å². The van der Waals surface area contributed by atoms with Crippen LogP contribution in [0.3, 0.4) is 0 Å². The average Bonchev–Trinajstić information content (AvgIpc) is 3.58. The van der Waals surface area contributed by atoms with Gasteiger partial charge in [0.1, 0.15) is 11.9 Å². The second-order valence-corrected chi connectivity index (χ2v) is 9.14. The molecule has 2 heterocycles. The van der Waals surface area contributed by atoms with Gasteiger partial charge in [0.15, 0.2) is 5.76 Å². The molecule has 1 aliphatic heterocycles. The van der Waals surface area contributed by atoms with Gasteiger partial charge in [0.25, 0.3) is 5.91 Å². The van der Waals surface area contributed by atoms with Crippen molar-refractivity contribution in [3.63, 3.8) is 0 Å². The van der Waals surface area contributed by atoms with E-state index in [1.165, 1.54) is 41.5 Å². The number of hydrogen-bond acceptors (Lipinski definition) is 5. The fourth-order valence-electron chi connectivity index (χ4n) is 4.76. The molecule has 1 saturated carbocycles. The predicted octanol–water partition coefficient (Wildman–Crippen LogP) is 3.35. The van der Waals surface area contributed by atoms with Gasteiger partial charge in [-0.1, -0.05) is 31.4 Å². The summed E-state index contributed by atoms with van der Waals surface area (Å²) in [4.78, 5) is 40.8. The highest BCUT2D eigenvalue weighted by Crippen LogP contribution is 2.26. The maximum Gasteiger partial charge on any atom is 0.287 e. The normalized spacial score (nSPS) is 19.2. The number of nitrogens with one attached hydrogen (secondary N) is 2. The van der Waals surface area contributed by atoms with Gasteiger partial charge in [0.05, 0.1) is 18.9 Å². The van der Waals surface area contributed by atoms with Gasteiger partial charge in [-0.05, 0) is 55.5 Å². The lowest BCUT2D eigenvalue weighted by Crippen LogP contribution is -2.51. The van der Waals surface area contributed by atoms with Crippen LogP contribution in [0.15, 0.2) is 47.1 Å². The van der Waals surface area contributed by atoms with E-state index in [1.807, 2.05) is 0 Å². The maximum absolute atomic E-state index is 13.7. The molecule has 0 spiro atoms. The third kappa shape index (κ3) is 6.69. The lowest BCUT2D eigenvalue weighted by Gasteiger charge is -2.34. The van der Waals surface area contributed by atoms with Gasteiger partial charge in [0.2, 0.25) is 11.8 Å². The number of hydrogen-bond donors (Lipinski definition) is 2. The highest BCUT2D eigenvalue weighted by atomic mass is 19.1. The number of amides is 3. The summed E-state index contributed by atoms with van der Waals surface area (Å²) in [5, 5.41) is 5.68. The van der Waals surface area contributed by atoms with Crippen LogP contribution in [0.5, 0.6) is 0 Å². The lowest BCUT2D eigenvalue weighted by atomic mass is 9.94. The van der Waals surface area contributed by atoms with Gasteiger partial charge in [-0.25, -0.2) is 4.39 Å². The average molecular weight is 486 g/mol. The molecular weight excluding hydrogens is 453 g/mol. The zero-order valence-corrected chi connectivity index (χ0v) is 19.7. The summed E-state index contributed by atoms with van der Waals surface area (Å²) in [6.45, 7) is 0.466. The number of ether oxygens (including phenoxy) is 1. The second kappa shape index (κ2) is 12.0. The molecule has 9 heteroatoms. The molecule has 0 radical (unpaired) electrons. The van der Waals surface area contributed by atoms with Crippen molar-refractivity contribution < 1.29 is 27.9 Å². The fourth-order valence-corrected chi connectivity index (χ4v) is 4.76. The number of nitrogens with zero attached hydrogens (tertiary/aromatic N) is 1. The molecule has 1 saturated heterocycles. The Morgan fingerprint density at radius 3 is 2.46 bits per heavy atom. The van der Waals surface area contributed by atoms with E-state index >= 15 is 0 Å². The number of carbonyl (C=O) groups is 3. The van der Waals surface area contributed by atoms with Gasteiger partial charge < -0.3 is 24.7 Å². The van der Waals surface area contributed by atoms with Crippen LogP contribution in [-0.2, 0) is 14.3 Å². The monoisotopic (exact) mass is 485 g/mol. The van der Waals surface area contributed by atoms with Gasteiger partial charge in [-0.3, -0.25) is 14.4 Å². The molecule has 2 atom stereocenters. The first-order valence-corrected chi connectivity index (χ1v) is 12.3. The third-order valence-corrected chi connectivity index (χ3v) is 6.59. The summed E-state index contributed by atoms with van der Waals surface area (Å²) in [6.07, 6.45) is 7.81. The standard InChI is InChI=1S/C26H32FN3O5/c27-19-12-10-18(11-13-19)24(26(33)29-20-6-2-1-3-7-20)30(17-21-8-4-14-34-21)23(31)16-28-25(32)22-9-5-15-35-22/h5,9-13,15,20-21,24H,1-4,6-8,14,16-17H2,(H,28,32)(H,29,33). The Kier molecular flexibility index (Phi) is 8.52. The molecule has 1 aromatic heterocycles. The Morgan fingerprint density at radius 1 is 1.03 bits per heavy atom. The van der Waals surface area contributed by atoms with Crippen LogP contribution in [0.4, 0.5) is 4.39 Å². The summed E-state index contributed by atoms with van der Waals surface area (Å²) in [5.41, 5.74) is 0.503. The first-order valence-electron chi connectivity index (χ1n) is 12.3. The SMILES string of the molecule is O=C(NCC(=O)N(CC1CCCO1)C(C(=O)NC1CCCCC1)c1ccc(F)cc1)c1ccco1. The van der Waals surface area contributed by atoms with Gasteiger partial charge in [-0.2, -0.15) is 0 Å². The minimum Gasteiger partial charge on any atom is -0.459 e. The van der Waals surface area contributed by atoms with Crippen molar-refractivity contribution in [3.05, 3.63) is 59.8 Å². The minimum atomic E-state index is -0.977. The number of carbonyl (C=O) groups excluding carboxylic acids is 3. The van der Waals surface area contributed by atoms with Crippen molar-refractivity contribution in [2.24, 2.45) is 0 Å². The first-order chi connectivity index (χ1) is 17.0. The Balaban J connectivity index is 1.57. The molecule has 2 aliphatic rings. The van der Waals surface area contributed by atoms with Crippen molar-refractivity contribution in [1.82, 2.24) is 15.5 Å². The van der Waals surface area contributed by atoms with Gasteiger partial charge in [0, 0.05) is 19.2 Å². The van der Waals surface area contributed by atoms with E-state index in [1.54, 1.807) is 6.07 Å². The van der Waals surface area contributed by atoms with Gasteiger partial charge in [-0.15, -0.1) is 0 Å². The molecule has 1 aromatic carbocycles. The summed E-state index contributed by atoms with van der Waals surface area (Å²) in [6, 6.07) is 7.76. The molecule has 0 bridgehead atoms. The molecule has 4 rings (SSSR count). The Bertz CT molecular complexity index is 983. The van der Waals surface area contributed by atoms with Crippen LogP contribution in [0.25, 0.3) is 0 Å². The molecule has 8 nitrogen and oxygen atoms in total. The molecule has 1 aliphatic carbocycles. The number of benzene rings is 1. The first kappa shape index (κ1) is 24.9. The van der Waals surface area contributed by atoms with Crippen LogP contribution in [-0.4, -0.2) is 54.5 Å². The molecule has 35 heavy (non-hydrogen) atoms. The fraction of sp³-hybridized carbons (Fsp3) is 0.500. The Hall–Kier alpha value is -3.20. The molecule has 2 fully saturated rings.